The molecule has 1 unspecified atom stereocenters. The number of unbranched alkanes of at least 4 members (excludes halogenated alkanes) is 1. The highest BCUT2D eigenvalue weighted by atomic mass is 35.5. The van der Waals surface area contributed by atoms with E-state index in [0.717, 1.165) is 30.0 Å². The first-order valence-corrected chi connectivity index (χ1v) is 8.52. The second-order valence-electron chi connectivity index (χ2n) is 5.59. The van der Waals surface area contributed by atoms with Crippen LogP contribution in [0.3, 0.4) is 0 Å². The van der Waals surface area contributed by atoms with Gasteiger partial charge in [-0.15, -0.1) is 11.8 Å². The van der Waals surface area contributed by atoms with E-state index in [-0.39, 0.29) is 11.9 Å². The third-order valence-corrected chi connectivity index (χ3v) is 4.69. The Kier molecular flexibility index (Phi) is 7.49. The molecule has 0 aromatic carbocycles. The number of thioether (sulfide) groups is 1. The molecule has 3 N–H and O–H groups in total. The zero-order chi connectivity index (χ0) is 15.9. The topological polar surface area (TPSA) is 68.0 Å². The van der Waals surface area contributed by atoms with Gasteiger partial charge >= 0.3 is 0 Å². The van der Waals surface area contributed by atoms with Gasteiger partial charge in [-0.3, -0.25) is 4.79 Å². The molecule has 1 atom stereocenters. The quantitative estimate of drug-likeness (QED) is 0.539. The predicted octanol–water partition coefficient (Wildman–Crippen LogP) is 3.24. The van der Waals surface area contributed by atoms with E-state index in [1.165, 1.54) is 0 Å². The molecule has 0 radical (unpaired) electrons. The summed E-state index contributed by atoms with van der Waals surface area (Å²) in [6, 6.07) is 3.89. The second-order valence-corrected chi connectivity index (χ2v) is 7.08. The standard InChI is InChI=1S/C15H24ClN3OS/c1-11(2)19-15(3,14(17)20)8-4-5-10-21-13-12(16)7-6-9-18-13/h6-7,9,11,19H,4-5,8,10H2,1-3H3,(H2,17,20). The number of hydrogen-bond donors (Lipinski definition) is 2. The highest BCUT2D eigenvalue weighted by Crippen LogP contribution is 2.25. The van der Waals surface area contributed by atoms with E-state index in [0.29, 0.717) is 5.02 Å². The van der Waals surface area contributed by atoms with Crippen molar-refractivity contribution < 1.29 is 4.79 Å². The fourth-order valence-corrected chi connectivity index (χ4v) is 3.30. The maximum absolute atomic E-state index is 11.6. The molecule has 118 valence electrons. The average Bonchev–Trinajstić information content (AvgIpc) is 2.39. The van der Waals surface area contributed by atoms with Crippen LogP contribution in [0.5, 0.6) is 0 Å². The number of halogens is 1. The van der Waals surface area contributed by atoms with Crippen molar-refractivity contribution in [3.05, 3.63) is 23.4 Å². The van der Waals surface area contributed by atoms with E-state index < -0.39 is 5.54 Å². The molecule has 1 aromatic rings. The van der Waals surface area contributed by atoms with E-state index in [2.05, 4.69) is 10.3 Å². The summed E-state index contributed by atoms with van der Waals surface area (Å²) in [5.41, 5.74) is 4.87. The molecule has 1 heterocycles. The third-order valence-electron chi connectivity index (χ3n) is 3.19. The van der Waals surface area contributed by atoms with E-state index >= 15 is 0 Å². The van der Waals surface area contributed by atoms with Crippen molar-refractivity contribution >= 4 is 29.3 Å². The maximum atomic E-state index is 11.6. The zero-order valence-corrected chi connectivity index (χ0v) is 14.4. The van der Waals surface area contributed by atoms with Crippen molar-refractivity contribution in [3.63, 3.8) is 0 Å². The summed E-state index contributed by atoms with van der Waals surface area (Å²) in [7, 11) is 0. The fraction of sp³-hybridized carbons (Fsp3) is 0.600. The number of primary amides is 1. The Morgan fingerprint density at radius 3 is 2.81 bits per heavy atom. The summed E-state index contributed by atoms with van der Waals surface area (Å²) in [6.45, 7) is 5.90. The molecule has 0 saturated heterocycles. The van der Waals surface area contributed by atoms with Crippen LogP contribution in [0.25, 0.3) is 0 Å². The Labute approximate surface area is 136 Å². The Morgan fingerprint density at radius 2 is 2.24 bits per heavy atom. The fourth-order valence-electron chi connectivity index (χ4n) is 2.13. The van der Waals surface area contributed by atoms with Gasteiger partial charge in [0.1, 0.15) is 5.03 Å². The molecule has 0 aliphatic carbocycles. The van der Waals surface area contributed by atoms with Crippen molar-refractivity contribution in [1.29, 1.82) is 0 Å². The van der Waals surface area contributed by atoms with Crippen LogP contribution in [0, 0.1) is 0 Å². The van der Waals surface area contributed by atoms with Crippen molar-refractivity contribution in [1.82, 2.24) is 10.3 Å². The lowest BCUT2D eigenvalue weighted by atomic mass is 9.93. The molecular weight excluding hydrogens is 306 g/mol. The Bertz CT molecular complexity index is 470. The number of nitrogens with one attached hydrogen (secondary N) is 1. The van der Waals surface area contributed by atoms with Crippen LogP contribution in [0.4, 0.5) is 0 Å². The number of pyridine rings is 1. The van der Waals surface area contributed by atoms with Crippen molar-refractivity contribution in [2.45, 2.75) is 56.6 Å². The largest absolute Gasteiger partial charge is 0.368 e. The van der Waals surface area contributed by atoms with Crippen molar-refractivity contribution in [3.8, 4) is 0 Å². The highest BCUT2D eigenvalue weighted by molar-refractivity contribution is 7.99. The Morgan fingerprint density at radius 1 is 1.52 bits per heavy atom. The van der Waals surface area contributed by atoms with E-state index in [1.54, 1.807) is 18.0 Å². The van der Waals surface area contributed by atoms with Crippen LogP contribution in [0.1, 0.15) is 40.0 Å². The Balaban J connectivity index is 2.35. The molecule has 0 fully saturated rings. The molecule has 0 aliphatic heterocycles. The summed E-state index contributed by atoms with van der Waals surface area (Å²) < 4.78 is 0. The van der Waals surface area contributed by atoms with Crippen LogP contribution in [0.2, 0.25) is 5.02 Å². The second kappa shape index (κ2) is 8.61. The van der Waals surface area contributed by atoms with Gasteiger partial charge in [-0.25, -0.2) is 4.98 Å². The minimum absolute atomic E-state index is 0.226. The molecule has 0 saturated carbocycles. The van der Waals surface area contributed by atoms with Crippen LogP contribution < -0.4 is 11.1 Å². The molecule has 6 heteroatoms. The molecule has 1 amide bonds. The predicted molar refractivity (Wildman–Crippen MR) is 89.7 cm³/mol. The first kappa shape index (κ1) is 18.3. The van der Waals surface area contributed by atoms with Crippen LogP contribution >= 0.6 is 23.4 Å². The molecule has 21 heavy (non-hydrogen) atoms. The number of rotatable bonds is 9. The van der Waals surface area contributed by atoms with Crippen molar-refractivity contribution in [2.75, 3.05) is 5.75 Å². The first-order chi connectivity index (χ1) is 9.85. The first-order valence-electron chi connectivity index (χ1n) is 7.16. The number of nitrogens with zero attached hydrogens (tertiary/aromatic N) is 1. The molecule has 1 aromatic heterocycles. The van der Waals surface area contributed by atoms with Gasteiger partial charge in [0.2, 0.25) is 5.91 Å². The molecular formula is C15H24ClN3OS. The normalized spacial score (nSPS) is 14.1. The van der Waals surface area contributed by atoms with Gasteiger partial charge in [0, 0.05) is 12.2 Å². The monoisotopic (exact) mass is 329 g/mol. The maximum Gasteiger partial charge on any atom is 0.237 e. The van der Waals surface area contributed by atoms with Crippen LogP contribution in [0.15, 0.2) is 23.4 Å². The number of aromatic nitrogens is 1. The SMILES string of the molecule is CC(C)NC(C)(CCCCSc1ncccc1Cl)C(N)=O. The van der Waals surface area contributed by atoms with Crippen LogP contribution in [-0.2, 0) is 4.79 Å². The summed E-state index contributed by atoms with van der Waals surface area (Å²) in [5, 5.41) is 4.80. The van der Waals surface area contributed by atoms with E-state index in [1.807, 2.05) is 32.9 Å². The Hall–Kier alpha value is -0.780. The van der Waals surface area contributed by atoms with Gasteiger partial charge in [0.15, 0.2) is 0 Å². The lowest BCUT2D eigenvalue weighted by Crippen LogP contribution is -2.55. The molecule has 0 bridgehead atoms. The lowest BCUT2D eigenvalue weighted by molar-refractivity contribution is -0.124. The van der Waals surface area contributed by atoms with Gasteiger partial charge in [0.05, 0.1) is 10.6 Å². The molecule has 0 spiro atoms. The van der Waals surface area contributed by atoms with E-state index in [9.17, 15) is 4.79 Å². The number of nitrogens with two attached hydrogens (primary N) is 1. The van der Waals surface area contributed by atoms with Gasteiger partial charge in [-0.1, -0.05) is 18.0 Å². The number of amides is 1. The lowest BCUT2D eigenvalue weighted by Gasteiger charge is -2.29. The third kappa shape index (κ3) is 6.24. The number of carbonyl (C=O) groups excluding carboxylic acids is 1. The minimum atomic E-state index is -0.637. The molecule has 4 nitrogen and oxygen atoms in total. The van der Waals surface area contributed by atoms with Gasteiger partial charge in [-0.05, 0) is 51.5 Å². The van der Waals surface area contributed by atoms with Crippen LogP contribution in [-0.4, -0.2) is 28.2 Å². The van der Waals surface area contributed by atoms with E-state index in [4.69, 9.17) is 17.3 Å². The smallest absolute Gasteiger partial charge is 0.237 e. The van der Waals surface area contributed by atoms with Gasteiger partial charge < -0.3 is 11.1 Å². The molecule has 0 aliphatic rings. The summed E-state index contributed by atoms with van der Waals surface area (Å²) >= 11 is 7.69. The van der Waals surface area contributed by atoms with Gasteiger partial charge in [-0.2, -0.15) is 0 Å². The number of hydrogen-bond acceptors (Lipinski definition) is 4. The summed E-state index contributed by atoms with van der Waals surface area (Å²) in [4.78, 5) is 15.9. The zero-order valence-electron chi connectivity index (χ0n) is 12.9. The summed E-state index contributed by atoms with van der Waals surface area (Å²) in [5.74, 6) is 0.629. The number of carbonyl (C=O) groups is 1. The minimum Gasteiger partial charge on any atom is -0.368 e. The molecule has 1 rings (SSSR count). The van der Waals surface area contributed by atoms with Gasteiger partial charge in [0.25, 0.3) is 0 Å². The van der Waals surface area contributed by atoms with Crippen molar-refractivity contribution in [2.24, 2.45) is 5.73 Å². The highest BCUT2D eigenvalue weighted by Gasteiger charge is 2.30. The summed E-state index contributed by atoms with van der Waals surface area (Å²) in [6.07, 6.45) is 4.39. The average molecular weight is 330 g/mol.